The second kappa shape index (κ2) is 6.44. The van der Waals surface area contributed by atoms with Gasteiger partial charge in [0.15, 0.2) is 0 Å². The molecule has 1 aliphatic rings. The lowest BCUT2D eigenvalue weighted by Gasteiger charge is -2.19. The van der Waals surface area contributed by atoms with E-state index in [1.807, 2.05) is 6.07 Å². The Labute approximate surface area is 115 Å². The highest BCUT2D eigenvalue weighted by Gasteiger charge is 2.26. The first-order valence-corrected chi connectivity index (χ1v) is 7.19. The van der Waals surface area contributed by atoms with E-state index in [4.69, 9.17) is 16.3 Å². The summed E-state index contributed by atoms with van der Waals surface area (Å²) in [5, 5.41) is 4.31. The number of hydrogen-bond donors (Lipinski definition) is 1. The Morgan fingerprint density at radius 3 is 2.83 bits per heavy atom. The SMILES string of the molecule is CCCNC(CC1CC1)c1ccc(Cl)c(OC)c1. The molecular weight excluding hydrogens is 246 g/mol. The average molecular weight is 268 g/mol. The van der Waals surface area contributed by atoms with Crippen LogP contribution >= 0.6 is 11.6 Å². The summed E-state index contributed by atoms with van der Waals surface area (Å²) < 4.78 is 5.30. The van der Waals surface area contributed by atoms with Gasteiger partial charge in [-0.3, -0.25) is 0 Å². The van der Waals surface area contributed by atoms with Crippen molar-refractivity contribution in [3.05, 3.63) is 28.8 Å². The molecule has 0 saturated heterocycles. The third kappa shape index (κ3) is 3.63. The highest BCUT2D eigenvalue weighted by atomic mass is 35.5. The second-order valence-electron chi connectivity index (χ2n) is 5.08. The molecule has 3 heteroatoms. The lowest BCUT2D eigenvalue weighted by Crippen LogP contribution is -2.22. The van der Waals surface area contributed by atoms with Gasteiger partial charge >= 0.3 is 0 Å². The van der Waals surface area contributed by atoms with Crippen LogP contribution in [0.2, 0.25) is 5.02 Å². The molecule has 1 aliphatic carbocycles. The quantitative estimate of drug-likeness (QED) is 0.800. The molecule has 0 radical (unpaired) electrons. The van der Waals surface area contributed by atoms with Crippen molar-refractivity contribution in [3.8, 4) is 5.75 Å². The second-order valence-corrected chi connectivity index (χ2v) is 5.49. The molecule has 0 amide bonds. The van der Waals surface area contributed by atoms with Crippen molar-refractivity contribution in [2.45, 2.75) is 38.6 Å². The molecule has 0 bridgehead atoms. The molecule has 1 N–H and O–H groups in total. The lowest BCUT2D eigenvalue weighted by molar-refractivity contribution is 0.411. The van der Waals surface area contributed by atoms with E-state index in [-0.39, 0.29) is 0 Å². The van der Waals surface area contributed by atoms with Gasteiger partial charge in [-0.1, -0.05) is 37.4 Å². The van der Waals surface area contributed by atoms with Gasteiger partial charge in [-0.2, -0.15) is 0 Å². The molecule has 1 fully saturated rings. The molecule has 18 heavy (non-hydrogen) atoms. The molecule has 2 rings (SSSR count). The minimum absolute atomic E-state index is 0.434. The van der Waals surface area contributed by atoms with Crippen LogP contribution in [0.3, 0.4) is 0 Å². The molecule has 1 unspecified atom stereocenters. The van der Waals surface area contributed by atoms with Crippen LogP contribution in [0.4, 0.5) is 0 Å². The monoisotopic (exact) mass is 267 g/mol. The number of hydrogen-bond acceptors (Lipinski definition) is 2. The fraction of sp³-hybridized carbons (Fsp3) is 0.600. The Morgan fingerprint density at radius 2 is 2.22 bits per heavy atom. The summed E-state index contributed by atoms with van der Waals surface area (Å²) in [5.74, 6) is 1.68. The smallest absolute Gasteiger partial charge is 0.137 e. The minimum Gasteiger partial charge on any atom is -0.495 e. The molecule has 0 heterocycles. The fourth-order valence-electron chi connectivity index (χ4n) is 2.24. The number of benzene rings is 1. The number of ether oxygens (including phenoxy) is 1. The van der Waals surface area contributed by atoms with E-state index in [0.717, 1.165) is 24.6 Å². The summed E-state index contributed by atoms with van der Waals surface area (Å²) in [6.07, 6.45) is 5.15. The Bertz CT molecular complexity index is 390. The maximum absolute atomic E-state index is 6.08. The van der Waals surface area contributed by atoms with Crippen LogP contribution in [-0.4, -0.2) is 13.7 Å². The zero-order chi connectivity index (χ0) is 13.0. The molecule has 1 aromatic rings. The standard InChI is InChI=1S/C15H22ClNO/c1-3-8-17-14(9-11-4-5-11)12-6-7-13(16)15(10-12)18-2/h6-7,10-11,14,17H,3-5,8-9H2,1-2H3. The maximum atomic E-state index is 6.08. The molecule has 0 aliphatic heterocycles. The van der Waals surface area contributed by atoms with E-state index in [0.29, 0.717) is 11.1 Å². The minimum atomic E-state index is 0.434. The third-order valence-corrected chi connectivity index (χ3v) is 3.80. The number of methoxy groups -OCH3 is 1. The van der Waals surface area contributed by atoms with E-state index < -0.39 is 0 Å². The van der Waals surface area contributed by atoms with Crippen LogP contribution in [0.15, 0.2) is 18.2 Å². The highest BCUT2D eigenvalue weighted by molar-refractivity contribution is 6.32. The maximum Gasteiger partial charge on any atom is 0.137 e. The van der Waals surface area contributed by atoms with Crippen LogP contribution in [0.1, 0.15) is 44.2 Å². The Hall–Kier alpha value is -0.730. The normalized spacial score (nSPS) is 16.6. The Balaban J connectivity index is 2.11. The predicted octanol–water partition coefficient (Wildman–Crippen LogP) is 4.19. The zero-order valence-corrected chi connectivity index (χ0v) is 12.0. The first-order valence-electron chi connectivity index (χ1n) is 6.81. The van der Waals surface area contributed by atoms with Crippen LogP contribution in [0.5, 0.6) is 5.75 Å². The van der Waals surface area contributed by atoms with E-state index >= 15 is 0 Å². The molecule has 1 aromatic carbocycles. The average Bonchev–Trinajstić information content (AvgIpc) is 3.19. The summed E-state index contributed by atoms with van der Waals surface area (Å²) in [4.78, 5) is 0. The van der Waals surface area contributed by atoms with E-state index in [1.165, 1.54) is 24.8 Å². The summed E-state index contributed by atoms with van der Waals surface area (Å²) in [6, 6.07) is 6.55. The number of nitrogens with one attached hydrogen (secondary N) is 1. The van der Waals surface area contributed by atoms with Gasteiger partial charge in [0.2, 0.25) is 0 Å². The topological polar surface area (TPSA) is 21.3 Å². The van der Waals surface area contributed by atoms with Crippen molar-refractivity contribution < 1.29 is 4.74 Å². The molecule has 1 atom stereocenters. The zero-order valence-electron chi connectivity index (χ0n) is 11.2. The van der Waals surface area contributed by atoms with Gasteiger partial charge in [0, 0.05) is 6.04 Å². The van der Waals surface area contributed by atoms with Crippen molar-refractivity contribution in [2.24, 2.45) is 5.92 Å². The fourth-order valence-corrected chi connectivity index (χ4v) is 2.43. The first kappa shape index (κ1) is 13.7. The van der Waals surface area contributed by atoms with Gasteiger partial charge in [0.05, 0.1) is 12.1 Å². The van der Waals surface area contributed by atoms with Gasteiger partial charge in [-0.15, -0.1) is 0 Å². The number of halogens is 1. The van der Waals surface area contributed by atoms with Crippen molar-refractivity contribution >= 4 is 11.6 Å². The lowest BCUT2D eigenvalue weighted by atomic mass is 10.0. The van der Waals surface area contributed by atoms with E-state index in [1.54, 1.807) is 7.11 Å². The molecular formula is C15H22ClNO. The summed E-state index contributed by atoms with van der Waals surface area (Å²) in [5.41, 5.74) is 1.29. The largest absolute Gasteiger partial charge is 0.495 e. The Morgan fingerprint density at radius 1 is 1.44 bits per heavy atom. The van der Waals surface area contributed by atoms with Gasteiger partial charge in [0.1, 0.15) is 5.75 Å². The summed E-state index contributed by atoms with van der Waals surface area (Å²) in [7, 11) is 1.67. The van der Waals surface area contributed by atoms with Crippen molar-refractivity contribution in [2.75, 3.05) is 13.7 Å². The van der Waals surface area contributed by atoms with Crippen LogP contribution < -0.4 is 10.1 Å². The Kier molecular flexibility index (Phi) is 4.90. The predicted molar refractivity (Wildman–Crippen MR) is 76.4 cm³/mol. The molecule has 0 aromatic heterocycles. The van der Waals surface area contributed by atoms with Crippen LogP contribution in [0.25, 0.3) is 0 Å². The molecule has 100 valence electrons. The van der Waals surface area contributed by atoms with Gasteiger partial charge in [0.25, 0.3) is 0 Å². The van der Waals surface area contributed by atoms with Crippen molar-refractivity contribution in [3.63, 3.8) is 0 Å². The summed E-state index contributed by atoms with van der Waals surface area (Å²) in [6.45, 7) is 3.26. The van der Waals surface area contributed by atoms with Gasteiger partial charge < -0.3 is 10.1 Å². The van der Waals surface area contributed by atoms with Crippen molar-refractivity contribution in [1.29, 1.82) is 0 Å². The molecule has 2 nitrogen and oxygen atoms in total. The molecule has 0 spiro atoms. The molecule has 1 saturated carbocycles. The van der Waals surface area contributed by atoms with Crippen LogP contribution in [0, 0.1) is 5.92 Å². The van der Waals surface area contributed by atoms with Crippen LogP contribution in [-0.2, 0) is 0 Å². The first-order chi connectivity index (χ1) is 8.74. The van der Waals surface area contributed by atoms with Crippen molar-refractivity contribution in [1.82, 2.24) is 5.32 Å². The van der Waals surface area contributed by atoms with E-state index in [2.05, 4.69) is 24.4 Å². The van der Waals surface area contributed by atoms with Gasteiger partial charge in [-0.25, -0.2) is 0 Å². The highest BCUT2D eigenvalue weighted by Crippen LogP contribution is 2.38. The number of rotatable bonds is 7. The summed E-state index contributed by atoms with van der Waals surface area (Å²) >= 11 is 6.08. The van der Waals surface area contributed by atoms with E-state index in [9.17, 15) is 0 Å². The van der Waals surface area contributed by atoms with Gasteiger partial charge in [-0.05, 0) is 43.0 Å². The third-order valence-electron chi connectivity index (χ3n) is 3.48.